The molecule has 5 heteroatoms. The Morgan fingerprint density at radius 2 is 1.20 bits per heavy atom. The third-order valence-electron chi connectivity index (χ3n) is 0. The van der Waals surface area contributed by atoms with Crippen LogP contribution < -0.4 is 18.9 Å². The third-order valence-corrected chi connectivity index (χ3v) is 0. The quantitative estimate of drug-likeness (QED) is 0.333. The first-order chi connectivity index (χ1) is 0. The van der Waals surface area contributed by atoms with E-state index in [1.807, 2.05) is 0 Å². The van der Waals surface area contributed by atoms with Gasteiger partial charge in [0.25, 0.3) is 0 Å². The second-order valence-corrected chi connectivity index (χ2v) is 0. The summed E-state index contributed by atoms with van der Waals surface area (Å²) in [5, 5.41) is 0. The summed E-state index contributed by atoms with van der Waals surface area (Å²) in [6.45, 7) is 0. The fourth-order valence-corrected chi connectivity index (χ4v) is 0. The molecule has 31 valence electrons. The van der Waals surface area contributed by atoms with E-state index in [9.17, 15) is 0 Å². The second-order valence-electron chi connectivity index (χ2n) is 0. The Kier molecular flexibility index (Phi) is 256. The molecule has 0 aliphatic carbocycles. The molecule has 0 rings (SSSR count). The average Bonchev–Trinajstić information content (AvgIpc) is 0. The van der Waals surface area contributed by atoms with Crippen LogP contribution in [0.5, 0.6) is 0 Å². The second kappa shape index (κ2) is 28.6. The van der Waals surface area contributed by atoms with Crippen molar-refractivity contribution >= 4 is 40.4 Å². The van der Waals surface area contributed by atoms with Crippen LogP contribution in [0.1, 0.15) is 4.28 Å². The van der Waals surface area contributed by atoms with E-state index >= 15 is 0 Å². The molecule has 0 unspecified atom stereocenters. The van der Waals surface area contributed by atoms with Crippen molar-refractivity contribution in [2.24, 2.45) is 0 Å². The van der Waals surface area contributed by atoms with Gasteiger partial charge in [0.05, 0.1) is 0 Å². The SMILES string of the molecule is [AlH3].[Co].[H-].[H-].[H-].[Li+].[Mg+2].[Ni]. The average molecular weight is 182 g/mol. The van der Waals surface area contributed by atoms with E-state index in [1.165, 1.54) is 0 Å². The molecule has 0 heterocycles. The summed E-state index contributed by atoms with van der Waals surface area (Å²) in [7, 11) is 0. The van der Waals surface area contributed by atoms with Gasteiger partial charge in [-0.3, -0.25) is 0 Å². The maximum Gasteiger partial charge on any atom is 2.00 e. The zero-order valence-corrected chi connectivity index (χ0v) is 5.80. The Labute approximate surface area is 95.6 Å². The molecule has 0 aromatic rings. The molecule has 0 N–H and O–H groups in total. The molecular weight excluding hydrogens is 176 g/mol. The maximum absolute atomic E-state index is 0. The molecule has 0 spiro atoms. The van der Waals surface area contributed by atoms with Crippen LogP contribution in [0, 0.1) is 0 Å². The van der Waals surface area contributed by atoms with E-state index in [2.05, 4.69) is 0 Å². The molecule has 0 amide bonds. The van der Waals surface area contributed by atoms with E-state index in [0.717, 1.165) is 0 Å². The number of hydrogen-bond donors (Lipinski definition) is 0. The van der Waals surface area contributed by atoms with Gasteiger partial charge in [-0.25, -0.2) is 0 Å². The molecule has 0 aliphatic heterocycles. The number of rotatable bonds is 0. The summed E-state index contributed by atoms with van der Waals surface area (Å²) in [5.41, 5.74) is 0. The van der Waals surface area contributed by atoms with Crippen LogP contribution in [0.25, 0.3) is 0 Å². The molecule has 0 fully saturated rings. The Balaban J connectivity index is 0. The van der Waals surface area contributed by atoms with Gasteiger partial charge < -0.3 is 4.28 Å². The summed E-state index contributed by atoms with van der Waals surface area (Å²) in [5.74, 6) is 0. The van der Waals surface area contributed by atoms with Crippen molar-refractivity contribution in [3.8, 4) is 0 Å². The summed E-state index contributed by atoms with van der Waals surface area (Å²) in [4.78, 5) is 0. The van der Waals surface area contributed by atoms with Crippen molar-refractivity contribution < 1.29 is 56.4 Å². The van der Waals surface area contributed by atoms with Crippen LogP contribution in [-0.4, -0.2) is 40.4 Å². The standard InChI is InChI=1S/Al.Co.Li.Mg.Ni.6H/q;;+1;+2;;;;;3*-1. The van der Waals surface area contributed by atoms with Gasteiger partial charge in [-0.1, -0.05) is 0 Å². The summed E-state index contributed by atoms with van der Waals surface area (Å²) in [6.07, 6.45) is 0. The van der Waals surface area contributed by atoms with Crippen LogP contribution in [0.15, 0.2) is 0 Å². The summed E-state index contributed by atoms with van der Waals surface area (Å²) >= 11 is 0. The number of hydrogen-bond acceptors (Lipinski definition) is 0. The van der Waals surface area contributed by atoms with Crippen molar-refractivity contribution in [2.45, 2.75) is 0 Å². The molecule has 0 bridgehead atoms. The molecule has 1 radical (unpaired) electrons. The first kappa shape index (κ1) is 44.8. The minimum Gasteiger partial charge on any atom is -1.00 e. The molecule has 0 aromatic heterocycles. The molecule has 0 aromatic carbocycles. The Hall–Kier alpha value is 2.90. The van der Waals surface area contributed by atoms with Gasteiger partial charge in [0.1, 0.15) is 0 Å². The normalized spacial score (nSPS) is 0. The molecule has 0 aliphatic rings. The topological polar surface area (TPSA) is 0 Å². The van der Waals surface area contributed by atoms with Gasteiger partial charge >= 0.3 is 41.9 Å². The van der Waals surface area contributed by atoms with Crippen molar-refractivity contribution in [1.29, 1.82) is 0 Å². The third kappa shape index (κ3) is 19.7. The molecule has 0 saturated carbocycles. The van der Waals surface area contributed by atoms with Crippen LogP contribution in [-0.2, 0) is 33.3 Å². The largest absolute Gasteiger partial charge is 2.00 e. The van der Waals surface area contributed by atoms with Crippen LogP contribution in [0.4, 0.5) is 0 Å². The Morgan fingerprint density at radius 3 is 1.20 bits per heavy atom. The molecule has 5 heavy (non-hydrogen) atoms. The first-order valence-electron chi connectivity index (χ1n) is 0. The fraction of sp³-hybridized carbons (Fsp3) is 0. The molecule has 0 atom stereocenters. The van der Waals surface area contributed by atoms with E-state index in [4.69, 9.17) is 0 Å². The first-order valence-corrected chi connectivity index (χ1v) is 0. The minimum absolute atomic E-state index is 0. The Bertz CT molecular complexity index is 19.2. The zero-order chi connectivity index (χ0) is 0. The Morgan fingerprint density at radius 1 is 1.20 bits per heavy atom. The van der Waals surface area contributed by atoms with E-state index in [1.54, 1.807) is 0 Å². The van der Waals surface area contributed by atoms with Gasteiger partial charge in [0.15, 0.2) is 17.4 Å². The smallest absolute Gasteiger partial charge is 1.00 e. The van der Waals surface area contributed by atoms with Crippen molar-refractivity contribution in [2.75, 3.05) is 0 Å². The zero-order valence-electron chi connectivity index (χ0n) is 5.36. The van der Waals surface area contributed by atoms with E-state index in [-0.39, 0.29) is 96.8 Å². The van der Waals surface area contributed by atoms with Crippen LogP contribution in [0.3, 0.4) is 0 Å². The van der Waals surface area contributed by atoms with Gasteiger partial charge in [-0.05, 0) is 0 Å². The van der Waals surface area contributed by atoms with Gasteiger partial charge in [-0.15, -0.1) is 0 Å². The van der Waals surface area contributed by atoms with Crippen molar-refractivity contribution in [3.63, 3.8) is 0 Å². The predicted molar refractivity (Wildman–Crippen MR) is 19.0 cm³/mol. The van der Waals surface area contributed by atoms with Crippen LogP contribution in [0.2, 0.25) is 0 Å². The molecule has 0 nitrogen and oxygen atoms in total. The van der Waals surface area contributed by atoms with Crippen LogP contribution >= 0.6 is 0 Å². The minimum atomic E-state index is 0. The maximum atomic E-state index is 0. The van der Waals surface area contributed by atoms with Crippen molar-refractivity contribution in [3.05, 3.63) is 0 Å². The summed E-state index contributed by atoms with van der Waals surface area (Å²) in [6, 6.07) is 0. The summed E-state index contributed by atoms with van der Waals surface area (Å²) < 4.78 is 0. The van der Waals surface area contributed by atoms with Crippen molar-refractivity contribution in [1.82, 2.24) is 0 Å². The predicted octanol–water partition coefficient (Wildman–Crippen LogP) is -4.23. The van der Waals surface area contributed by atoms with E-state index < -0.39 is 0 Å². The van der Waals surface area contributed by atoms with Gasteiger partial charge in [-0.2, -0.15) is 0 Å². The van der Waals surface area contributed by atoms with Gasteiger partial charge in [0.2, 0.25) is 0 Å². The van der Waals surface area contributed by atoms with E-state index in [0.29, 0.717) is 0 Å². The fourth-order valence-electron chi connectivity index (χ4n) is 0. The molecule has 0 saturated heterocycles. The monoisotopic (exact) mass is 181 g/mol. The van der Waals surface area contributed by atoms with Gasteiger partial charge in [0, 0.05) is 33.3 Å². The molecular formula is H6AlCoLiMgNi.